The first-order chi connectivity index (χ1) is 12.7. The number of aromatic amines is 1. The Morgan fingerprint density at radius 1 is 1.04 bits per heavy atom. The van der Waals surface area contributed by atoms with Crippen molar-refractivity contribution < 1.29 is 4.79 Å². The summed E-state index contributed by atoms with van der Waals surface area (Å²) in [4.78, 5) is 17.1. The van der Waals surface area contributed by atoms with Crippen LogP contribution in [0.3, 0.4) is 0 Å². The molecule has 0 aliphatic carbocycles. The molecule has 0 aliphatic heterocycles. The second-order valence-electron chi connectivity index (χ2n) is 5.52. The number of thiazole rings is 1. The summed E-state index contributed by atoms with van der Waals surface area (Å²) in [5.41, 5.74) is 3.76. The third-order valence-corrected chi connectivity index (χ3v) is 4.82. The number of hydrogen-bond acceptors (Lipinski definition) is 4. The van der Waals surface area contributed by atoms with Crippen molar-refractivity contribution in [3.05, 3.63) is 76.8 Å². The van der Waals surface area contributed by atoms with Crippen LogP contribution in [0.15, 0.2) is 66.2 Å². The Hall–Kier alpha value is -2.96. The highest BCUT2D eigenvalue weighted by Gasteiger charge is 2.17. The van der Waals surface area contributed by atoms with E-state index in [9.17, 15) is 4.79 Å². The highest BCUT2D eigenvalue weighted by atomic mass is 35.5. The van der Waals surface area contributed by atoms with Crippen LogP contribution in [0.25, 0.3) is 22.5 Å². The number of carbonyl (C=O) groups excluding carboxylic acids is 1. The first-order valence-corrected chi connectivity index (χ1v) is 9.08. The van der Waals surface area contributed by atoms with Crippen LogP contribution in [-0.2, 0) is 0 Å². The summed E-state index contributed by atoms with van der Waals surface area (Å²) in [5.74, 6) is -0.266. The van der Waals surface area contributed by atoms with Crippen molar-refractivity contribution in [1.29, 1.82) is 0 Å². The fourth-order valence-electron chi connectivity index (χ4n) is 2.53. The molecule has 0 spiro atoms. The molecule has 4 rings (SSSR count). The van der Waals surface area contributed by atoms with Gasteiger partial charge in [0.2, 0.25) is 0 Å². The Kier molecular flexibility index (Phi) is 4.51. The number of aromatic nitrogens is 3. The van der Waals surface area contributed by atoms with Crippen LogP contribution >= 0.6 is 22.9 Å². The average molecular weight is 381 g/mol. The number of halogens is 1. The normalized spacial score (nSPS) is 10.7. The van der Waals surface area contributed by atoms with Gasteiger partial charge in [-0.05, 0) is 12.1 Å². The standard InChI is InChI=1S/C19H13ClN4OS/c20-14-8-6-13(7-9-14)17-15(10-21-24-17)18(25)23-19-22-16(11-26-19)12-4-2-1-3-5-12/h1-11H,(H,21,24)(H,22,23,25). The number of benzene rings is 2. The smallest absolute Gasteiger partial charge is 0.261 e. The highest BCUT2D eigenvalue weighted by Crippen LogP contribution is 2.27. The van der Waals surface area contributed by atoms with Crippen molar-refractivity contribution in [2.45, 2.75) is 0 Å². The fourth-order valence-corrected chi connectivity index (χ4v) is 3.37. The van der Waals surface area contributed by atoms with Gasteiger partial charge in [0, 0.05) is 21.5 Å². The van der Waals surface area contributed by atoms with Crippen LogP contribution in [0, 0.1) is 0 Å². The summed E-state index contributed by atoms with van der Waals surface area (Å²) in [5, 5.41) is 12.8. The average Bonchev–Trinajstić information content (AvgIpc) is 3.33. The SMILES string of the molecule is O=C(Nc1nc(-c2ccccc2)cs1)c1cn[nH]c1-c1ccc(Cl)cc1. The quantitative estimate of drug-likeness (QED) is 0.517. The lowest BCUT2D eigenvalue weighted by Crippen LogP contribution is -2.12. The van der Waals surface area contributed by atoms with E-state index >= 15 is 0 Å². The largest absolute Gasteiger partial charge is 0.298 e. The summed E-state index contributed by atoms with van der Waals surface area (Å²) >= 11 is 7.31. The van der Waals surface area contributed by atoms with Crippen LogP contribution in [0.5, 0.6) is 0 Å². The lowest BCUT2D eigenvalue weighted by Gasteiger charge is -2.04. The van der Waals surface area contributed by atoms with Crippen molar-refractivity contribution in [2.24, 2.45) is 0 Å². The highest BCUT2D eigenvalue weighted by molar-refractivity contribution is 7.14. The van der Waals surface area contributed by atoms with E-state index in [-0.39, 0.29) is 5.91 Å². The lowest BCUT2D eigenvalue weighted by molar-refractivity contribution is 0.102. The predicted molar refractivity (Wildman–Crippen MR) is 105 cm³/mol. The number of amides is 1. The van der Waals surface area contributed by atoms with E-state index in [1.165, 1.54) is 17.5 Å². The van der Waals surface area contributed by atoms with Gasteiger partial charge >= 0.3 is 0 Å². The molecule has 128 valence electrons. The number of rotatable bonds is 4. The summed E-state index contributed by atoms with van der Waals surface area (Å²) in [6.07, 6.45) is 1.50. The van der Waals surface area contributed by atoms with Gasteiger partial charge < -0.3 is 0 Å². The maximum Gasteiger partial charge on any atom is 0.261 e. The van der Waals surface area contributed by atoms with E-state index in [0.29, 0.717) is 21.4 Å². The van der Waals surface area contributed by atoms with E-state index in [1.54, 1.807) is 12.1 Å². The number of carbonyl (C=O) groups is 1. The van der Waals surface area contributed by atoms with Gasteiger partial charge in [-0.3, -0.25) is 15.2 Å². The molecule has 0 bridgehead atoms. The van der Waals surface area contributed by atoms with Gasteiger partial charge in [-0.25, -0.2) is 4.98 Å². The number of hydrogen-bond donors (Lipinski definition) is 2. The van der Waals surface area contributed by atoms with Gasteiger partial charge in [-0.1, -0.05) is 54.1 Å². The Morgan fingerprint density at radius 3 is 2.58 bits per heavy atom. The predicted octanol–water partition coefficient (Wildman–Crippen LogP) is 5.11. The zero-order chi connectivity index (χ0) is 17.9. The number of nitrogens with zero attached hydrogens (tertiary/aromatic N) is 2. The molecular formula is C19H13ClN4OS. The molecule has 0 radical (unpaired) electrons. The minimum Gasteiger partial charge on any atom is -0.298 e. The molecule has 2 aromatic carbocycles. The molecule has 0 fully saturated rings. The van der Waals surface area contributed by atoms with E-state index in [1.807, 2.05) is 47.8 Å². The topological polar surface area (TPSA) is 70.7 Å². The Labute approximate surface area is 158 Å². The maximum atomic E-state index is 12.7. The Morgan fingerprint density at radius 2 is 1.81 bits per heavy atom. The monoisotopic (exact) mass is 380 g/mol. The van der Waals surface area contributed by atoms with Crippen molar-refractivity contribution in [3.8, 4) is 22.5 Å². The number of H-pyrrole nitrogens is 1. The summed E-state index contributed by atoms with van der Waals surface area (Å²) in [6.45, 7) is 0. The molecule has 0 saturated carbocycles. The molecular weight excluding hydrogens is 368 g/mol. The van der Waals surface area contributed by atoms with Crippen LogP contribution < -0.4 is 5.32 Å². The molecule has 0 atom stereocenters. The van der Waals surface area contributed by atoms with Crippen molar-refractivity contribution in [1.82, 2.24) is 15.2 Å². The minimum absolute atomic E-state index is 0.266. The summed E-state index contributed by atoms with van der Waals surface area (Å²) in [6, 6.07) is 17.0. The molecule has 2 N–H and O–H groups in total. The molecule has 0 unspecified atom stereocenters. The lowest BCUT2D eigenvalue weighted by atomic mass is 10.1. The molecule has 4 aromatic rings. The Bertz CT molecular complexity index is 1040. The van der Waals surface area contributed by atoms with E-state index in [4.69, 9.17) is 11.6 Å². The maximum absolute atomic E-state index is 12.7. The minimum atomic E-state index is -0.266. The summed E-state index contributed by atoms with van der Waals surface area (Å²) < 4.78 is 0. The van der Waals surface area contributed by atoms with Gasteiger partial charge in [0.1, 0.15) is 0 Å². The van der Waals surface area contributed by atoms with Crippen molar-refractivity contribution in [3.63, 3.8) is 0 Å². The first-order valence-electron chi connectivity index (χ1n) is 7.82. The fraction of sp³-hybridized carbons (Fsp3) is 0. The zero-order valence-electron chi connectivity index (χ0n) is 13.4. The molecule has 2 heterocycles. The van der Waals surface area contributed by atoms with Crippen LogP contribution in [-0.4, -0.2) is 21.1 Å². The molecule has 7 heteroatoms. The molecule has 2 aromatic heterocycles. The molecule has 5 nitrogen and oxygen atoms in total. The molecule has 0 aliphatic rings. The Balaban J connectivity index is 1.56. The van der Waals surface area contributed by atoms with E-state index < -0.39 is 0 Å². The van der Waals surface area contributed by atoms with E-state index in [0.717, 1.165) is 16.8 Å². The first kappa shape index (κ1) is 16.5. The number of anilines is 1. The van der Waals surface area contributed by atoms with Gasteiger partial charge in [-0.2, -0.15) is 5.10 Å². The third-order valence-electron chi connectivity index (χ3n) is 3.81. The second kappa shape index (κ2) is 7.11. The number of nitrogens with one attached hydrogen (secondary N) is 2. The molecule has 26 heavy (non-hydrogen) atoms. The summed E-state index contributed by atoms with van der Waals surface area (Å²) in [7, 11) is 0. The van der Waals surface area contributed by atoms with E-state index in [2.05, 4.69) is 20.5 Å². The van der Waals surface area contributed by atoms with Crippen LogP contribution in [0.4, 0.5) is 5.13 Å². The third kappa shape index (κ3) is 3.37. The zero-order valence-corrected chi connectivity index (χ0v) is 15.0. The van der Waals surface area contributed by atoms with Gasteiger partial charge in [0.05, 0.1) is 23.1 Å². The van der Waals surface area contributed by atoms with Crippen molar-refractivity contribution in [2.75, 3.05) is 5.32 Å². The van der Waals surface area contributed by atoms with Crippen molar-refractivity contribution >= 4 is 34.0 Å². The van der Waals surface area contributed by atoms with Crippen LogP contribution in [0.1, 0.15) is 10.4 Å². The van der Waals surface area contributed by atoms with Gasteiger partial charge in [-0.15, -0.1) is 11.3 Å². The van der Waals surface area contributed by atoms with Gasteiger partial charge in [0.15, 0.2) is 5.13 Å². The second-order valence-corrected chi connectivity index (χ2v) is 6.82. The molecule has 0 saturated heterocycles. The van der Waals surface area contributed by atoms with Crippen LogP contribution in [0.2, 0.25) is 5.02 Å². The molecule has 1 amide bonds. The van der Waals surface area contributed by atoms with Gasteiger partial charge in [0.25, 0.3) is 5.91 Å².